The Hall–Kier alpha value is -5.56. The molecule has 13 nitrogen and oxygen atoms in total. The summed E-state index contributed by atoms with van der Waals surface area (Å²) >= 11 is 0. The molecule has 13 heteroatoms. The van der Waals surface area contributed by atoms with Gasteiger partial charge in [-0.15, -0.1) is 0 Å². The molecule has 50 heavy (non-hydrogen) atoms. The summed E-state index contributed by atoms with van der Waals surface area (Å²) in [5.74, 6) is -0.299. The number of nitrogens with zero attached hydrogens (tertiary/aromatic N) is 6. The van der Waals surface area contributed by atoms with E-state index >= 15 is 0 Å². The number of aromatic nitrogens is 5. The summed E-state index contributed by atoms with van der Waals surface area (Å²) in [4.78, 5) is 54.0. The van der Waals surface area contributed by atoms with Gasteiger partial charge in [0.05, 0.1) is 17.8 Å². The van der Waals surface area contributed by atoms with E-state index in [1.807, 2.05) is 53.6 Å². The fraction of sp³-hybridized carbons (Fsp3) is 0.351. The van der Waals surface area contributed by atoms with Crippen molar-refractivity contribution in [3.05, 3.63) is 84.3 Å². The van der Waals surface area contributed by atoms with Crippen LogP contribution in [0.3, 0.4) is 0 Å². The highest BCUT2D eigenvalue weighted by Gasteiger charge is 2.28. The first-order valence-corrected chi connectivity index (χ1v) is 17.4. The first-order chi connectivity index (χ1) is 24.4. The van der Waals surface area contributed by atoms with Crippen molar-refractivity contribution >= 4 is 46.1 Å². The largest absolute Gasteiger partial charge is 0.369 e. The van der Waals surface area contributed by atoms with Crippen LogP contribution >= 0.6 is 0 Å². The Bertz CT molecular complexity index is 1960. The molecule has 2 saturated heterocycles. The van der Waals surface area contributed by atoms with Crippen LogP contribution in [-0.4, -0.2) is 86.6 Å². The predicted octanol–water partition coefficient (Wildman–Crippen LogP) is 4.44. The van der Waals surface area contributed by atoms with Crippen molar-refractivity contribution in [2.45, 2.75) is 45.1 Å². The van der Waals surface area contributed by atoms with Crippen molar-refractivity contribution in [1.29, 1.82) is 0 Å². The van der Waals surface area contributed by atoms with E-state index in [2.05, 4.69) is 59.9 Å². The van der Waals surface area contributed by atoms with E-state index in [4.69, 9.17) is 4.98 Å². The molecular weight excluding hydrogens is 632 g/mol. The normalized spacial score (nSPS) is 16.8. The smallest absolute Gasteiger partial charge is 0.251 e. The lowest BCUT2D eigenvalue weighted by atomic mass is 9.90. The molecule has 5 heterocycles. The molecule has 0 spiro atoms. The predicted molar refractivity (Wildman–Crippen MR) is 192 cm³/mol. The van der Waals surface area contributed by atoms with Crippen LogP contribution < -0.4 is 20.9 Å². The molecule has 0 bridgehead atoms. The minimum atomic E-state index is -0.260. The molecular formula is C37H42N10O3. The number of nitrogens with one attached hydrogen (secondary N) is 4. The van der Waals surface area contributed by atoms with Crippen LogP contribution in [0.2, 0.25) is 0 Å². The van der Waals surface area contributed by atoms with Crippen molar-refractivity contribution < 1.29 is 14.4 Å². The standard InChI is InChI=1S/C37H42N10O3/c1-2-17-47-24-27(23-40-47)33-31-14-16-38-34(31)44-37(43-33)41-28-8-4-26(5-9-28)35(49)39-15-3-18-45-19-21-46(22-20-45)29-10-6-25(7-11-29)30-12-13-32(48)42-36(30)50/h4-11,14,16,23-24,30H,2-3,12-13,15,17-22H2,1H3,(H,39,49)(H,42,48,50)(H2,38,41,43,44). The zero-order chi connectivity index (χ0) is 34.5. The molecule has 0 aliphatic carbocycles. The number of anilines is 3. The summed E-state index contributed by atoms with van der Waals surface area (Å²) < 4.78 is 1.92. The second-order valence-corrected chi connectivity index (χ2v) is 12.9. The van der Waals surface area contributed by atoms with Gasteiger partial charge in [0.2, 0.25) is 17.8 Å². The molecule has 2 aliphatic rings. The van der Waals surface area contributed by atoms with Gasteiger partial charge < -0.3 is 20.5 Å². The van der Waals surface area contributed by atoms with Crippen LogP contribution in [0.4, 0.5) is 17.3 Å². The topological polar surface area (TPSA) is 153 Å². The van der Waals surface area contributed by atoms with Crippen LogP contribution in [-0.2, 0) is 16.1 Å². The third-order valence-corrected chi connectivity index (χ3v) is 9.39. The lowest BCUT2D eigenvalue weighted by Crippen LogP contribution is -2.47. The van der Waals surface area contributed by atoms with E-state index in [9.17, 15) is 14.4 Å². The Kier molecular flexibility index (Phi) is 9.83. The summed E-state index contributed by atoms with van der Waals surface area (Å²) in [5.41, 5.74) is 5.94. The van der Waals surface area contributed by atoms with Gasteiger partial charge in [0.1, 0.15) is 5.65 Å². The summed E-state index contributed by atoms with van der Waals surface area (Å²) in [6.07, 6.45) is 8.50. The number of piperidine rings is 1. The number of carbonyl (C=O) groups excluding carboxylic acids is 3. The number of piperazine rings is 1. The minimum absolute atomic E-state index is 0.0995. The molecule has 0 radical (unpaired) electrons. The van der Waals surface area contributed by atoms with E-state index in [1.165, 1.54) is 0 Å². The van der Waals surface area contributed by atoms with Crippen LogP contribution in [0.15, 0.2) is 73.2 Å². The molecule has 258 valence electrons. The number of hydrogen-bond donors (Lipinski definition) is 4. The van der Waals surface area contributed by atoms with Gasteiger partial charge in [0.25, 0.3) is 5.91 Å². The molecule has 2 fully saturated rings. The minimum Gasteiger partial charge on any atom is -0.369 e. The first kappa shape index (κ1) is 33.0. The number of amides is 3. The van der Waals surface area contributed by atoms with E-state index < -0.39 is 0 Å². The summed E-state index contributed by atoms with van der Waals surface area (Å²) in [5, 5.41) is 14.2. The summed E-state index contributed by atoms with van der Waals surface area (Å²) in [6, 6.07) is 17.5. The average Bonchev–Trinajstić information content (AvgIpc) is 3.81. The van der Waals surface area contributed by atoms with Crippen molar-refractivity contribution in [2.24, 2.45) is 0 Å². The van der Waals surface area contributed by atoms with E-state index in [0.717, 1.165) is 91.3 Å². The van der Waals surface area contributed by atoms with Crippen LogP contribution in [0.1, 0.15) is 54.4 Å². The number of fused-ring (bicyclic) bond motifs is 1. The fourth-order valence-corrected chi connectivity index (χ4v) is 6.65. The van der Waals surface area contributed by atoms with E-state index in [0.29, 0.717) is 30.9 Å². The van der Waals surface area contributed by atoms with Gasteiger partial charge in [0, 0.05) is 86.0 Å². The Morgan fingerprint density at radius 2 is 1.76 bits per heavy atom. The van der Waals surface area contributed by atoms with E-state index in [-0.39, 0.29) is 23.6 Å². The molecule has 2 aromatic carbocycles. The number of rotatable bonds is 12. The highest BCUT2D eigenvalue weighted by molar-refractivity contribution is 6.01. The van der Waals surface area contributed by atoms with Gasteiger partial charge in [0.15, 0.2) is 0 Å². The Labute approximate surface area is 290 Å². The Balaban J connectivity index is 0.851. The molecule has 1 atom stereocenters. The molecule has 4 N–H and O–H groups in total. The number of hydrogen-bond acceptors (Lipinski definition) is 9. The highest BCUT2D eigenvalue weighted by atomic mass is 16.2. The van der Waals surface area contributed by atoms with Gasteiger partial charge in [-0.3, -0.25) is 29.3 Å². The number of benzene rings is 2. The Morgan fingerprint density at radius 1 is 0.960 bits per heavy atom. The highest BCUT2D eigenvalue weighted by Crippen LogP contribution is 2.29. The van der Waals surface area contributed by atoms with Gasteiger partial charge >= 0.3 is 0 Å². The van der Waals surface area contributed by atoms with Crippen molar-refractivity contribution in [3.63, 3.8) is 0 Å². The zero-order valence-electron chi connectivity index (χ0n) is 28.2. The number of aryl methyl sites for hydroxylation is 1. The van der Waals surface area contributed by atoms with Crippen molar-refractivity contribution in [2.75, 3.05) is 49.5 Å². The van der Waals surface area contributed by atoms with Crippen LogP contribution in [0.5, 0.6) is 0 Å². The third-order valence-electron chi connectivity index (χ3n) is 9.39. The van der Waals surface area contributed by atoms with Gasteiger partial charge in [-0.1, -0.05) is 19.1 Å². The second kappa shape index (κ2) is 14.9. The summed E-state index contributed by atoms with van der Waals surface area (Å²) in [7, 11) is 0. The Morgan fingerprint density at radius 3 is 2.52 bits per heavy atom. The molecule has 1 unspecified atom stereocenters. The molecule has 3 amide bonds. The molecule has 2 aliphatic heterocycles. The summed E-state index contributed by atoms with van der Waals surface area (Å²) in [6.45, 7) is 8.21. The van der Waals surface area contributed by atoms with Crippen molar-refractivity contribution in [3.8, 4) is 11.3 Å². The number of imide groups is 1. The van der Waals surface area contributed by atoms with Crippen molar-refractivity contribution in [1.82, 2.24) is 40.3 Å². The van der Waals surface area contributed by atoms with Gasteiger partial charge in [-0.25, -0.2) is 4.98 Å². The van der Waals surface area contributed by atoms with Gasteiger partial charge in [-0.05, 0) is 73.8 Å². The quantitative estimate of drug-likeness (QED) is 0.111. The number of H-pyrrole nitrogens is 1. The lowest BCUT2D eigenvalue weighted by Gasteiger charge is -2.36. The maximum atomic E-state index is 12.9. The van der Waals surface area contributed by atoms with Crippen LogP contribution in [0, 0.1) is 0 Å². The third kappa shape index (κ3) is 7.52. The monoisotopic (exact) mass is 674 g/mol. The second-order valence-electron chi connectivity index (χ2n) is 12.9. The van der Waals surface area contributed by atoms with Crippen LogP contribution in [0.25, 0.3) is 22.3 Å². The number of aromatic amines is 1. The first-order valence-electron chi connectivity index (χ1n) is 17.4. The maximum absolute atomic E-state index is 12.9. The number of carbonyl (C=O) groups is 3. The van der Waals surface area contributed by atoms with Gasteiger partial charge in [-0.2, -0.15) is 10.1 Å². The van der Waals surface area contributed by atoms with E-state index in [1.54, 1.807) is 12.1 Å². The average molecular weight is 675 g/mol. The zero-order valence-corrected chi connectivity index (χ0v) is 28.2. The molecule has 3 aromatic heterocycles. The SMILES string of the molecule is CCCn1cc(-c2nc(Nc3ccc(C(=O)NCCCN4CCN(c5ccc(C6CCC(=O)NC6=O)cc5)CC4)cc3)nc3[nH]ccc23)cn1. The lowest BCUT2D eigenvalue weighted by molar-refractivity contribution is -0.134. The fourth-order valence-electron chi connectivity index (χ4n) is 6.65. The molecule has 7 rings (SSSR count). The maximum Gasteiger partial charge on any atom is 0.251 e. The molecule has 0 saturated carbocycles. The molecule has 5 aromatic rings.